The Labute approximate surface area is 292 Å². The number of cyclic esters (lactones) is 1. The average Bonchev–Trinajstić information content (AvgIpc) is 3.05. The molecule has 1 aromatic rings. The molecule has 0 saturated carbocycles. The molecule has 1 fully saturated rings. The third-order valence-electron chi connectivity index (χ3n) is 9.83. The fourth-order valence-electron chi connectivity index (χ4n) is 7.05. The van der Waals surface area contributed by atoms with Crippen molar-refractivity contribution >= 4 is 17.8 Å². The first-order valence-corrected chi connectivity index (χ1v) is 17.2. The van der Waals surface area contributed by atoms with Gasteiger partial charge < -0.3 is 38.8 Å². The molecule has 0 radical (unpaired) electrons. The SMILES string of the molecule is CC[C@H]1OC(=O)/C(C)=C(/OC/C=C/c2cccnc2)[C@H](C)[C@@H](O[C@@H]2O[C@H](C)C[C@H](N(C)C)[C@H]2O)[C@](C)(OC)C[C@@H](C)C(=O)/C(C)=C/[C@]1(C)O. The van der Waals surface area contributed by atoms with Crippen LogP contribution >= 0.6 is 0 Å². The van der Waals surface area contributed by atoms with E-state index < -0.39 is 53.6 Å². The van der Waals surface area contributed by atoms with Crippen LogP contribution in [-0.2, 0) is 33.3 Å². The number of methoxy groups -OCH3 is 1. The van der Waals surface area contributed by atoms with Crippen LogP contribution in [-0.4, -0.2) is 108 Å². The molecule has 274 valence electrons. The van der Waals surface area contributed by atoms with Crippen molar-refractivity contribution < 1.29 is 43.5 Å². The molecule has 3 rings (SSSR count). The number of ketones is 1. The summed E-state index contributed by atoms with van der Waals surface area (Å²) < 4.78 is 31.5. The first-order valence-electron chi connectivity index (χ1n) is 17.2. The lowest BCUT2D eigenvalue weighted by Crippen LogP contribution is -2.58. The normalized spacial score (nSPS) is 38.2. The van der Waals surface area contributed by atoms with E-state index in [0.717, 1.165) is 5.56 Å². The van der Waals surface area contributed by atoms with Gasteiger partial charge in [-0.2, -0.15) is 0 Å². The highest BCUT2D eigenvalue weighted by molar-refractivity contribution is 5.96. The number of Topliss-reactive ketones (excluding diaryl/α,β-unsaturated/α-hetero) is 1. The molecule has 3 heterocycles. The van der Waals surface area contributed by atoms with Gasteiger partial charge in [0.2, 0.25) is 0 Å². The second-order valence-corrected chi connectivity index (χ2v) is 14.2. The van der Waals surface area contributed by atoms with Gasteiger partial charge in [-0.25, -0.2) is 4.79 Å². The largest absolute Gasteiger partial charge is 0.493 e. The Morgan fingerprint density at radius 2 is 1.86 bits per heavy atom. The van der Waals surface area contributed by atoms with Gasteiger partial charge in [0.25, 0.3) is 0 Å². The number of hydrogen-bond donors (Lipinski definition) is 2. The van der Waals surface area contributed by atoms with Gasteiger partial charge in [-0.3, -0.25) is 9.78 Å². The van der Waals surface area contributed by atoms with Crippen molar-refractivity contribution in [3.63, 3.8) is 0 Å². The summed E-state index contributed by atoms with van der Waals surface area (Å²) in [5.41, 5.74) is -1.34. The molecule has 0 aromatic carbocycles. The van der Waals surface area contributed by atoms with E-state index in [9.17, 15) is 19.8 Å². The van der Waals surface area contributed by atoms with Gasteiger partial charge in [-0.05, 0) is 97.3 Å². The molecule has 0 unspecified atom stereocenters. The number of pyridine rings is 1. The maximum atomic E-state index is 13.9. The molecule has 1 aromatic heterocycles. The molecule has 0 aliphatic carbocycles. The van der Waals surface area contributed by atoms with Crippen molar-refractivity contribution in [2.75, 3.05) is 27.8 Å². The van der Waals surface area contributed by atoms with Crippen LogP contribution < -0.4 is 0 Å². The first-order chi connectivity index (χ1) is 22.9. The van der Waals surface area contributed by atoms with Crippen molar-refractivity contribution in [3.05, 3.63) is 59.1 Å². The standard InChI is InChI=1S/C38H58N2O9/c1-12-30-37(7,44)20-23(2)31(41)24(3)21-38(8,45-11)34(49-36-32(42)29(40(9)10)19-25(4)47-36)26(5)33(27(6)35(43)48-30)46-18-14-16-28-15-13-17-39-22-28/h13-17,20,22,24-26,29-30,32,34,36,42,44H,12,18-19,21H2,1-11H3/b16-14+,23-20+,33-27+/t24-,25-,26+,29+,30-,32-,34-,36+,37+,38-/m1/s1. The van der Waals surface area contributed by atoms with Gasteiger partial charge in [0.1, 0.15) is 30.2 Å². The summed E-state index contributed by atoms with van der Waals surface area (Å²) in [6.45, 7) is 14.2. The van der Waals surface area contributed by atoms with E-state index in [2.05, 4.69) is 4.98 Å². The molecule has 0 amide bonds. The minimum Gasteiger partial charge on any atom is -0.493 e. The van der Waals surface area contributed by atoms with E-state index in [0.29, 0.717) is 18.4 Å². The number of allylic oxidation sites excluding steroid dienone is 1. The molecule has 49 heavy (non-hydrogen) atoms. The van der Waals surface area contributed by atoms with Crippen LogP contribution in [0.25, 0.3) is 6.08 Å². The summed E-state index contributed by atoms with van der Waals surface area (Å²) >= 11 is 0. The quantitative estimate of drug-likeness (QED) is 0.345. The lowest BCUT2D eigenvalue weighted by Gasteiger charge is -2.47. The number of ether oxygens (including phenoxy) is 5. The maximum Gasteiger partial charge on any atom is 0.337 e. The number of nitrogens with zero attached hydrogens (tertiary/aromatic N) is 2. The molecular formula is C38H58N2O9. The van der Waals surface area contributed by atoms with Gasteiger partial charge in [0, 0.05) is 37.4 Å². The number of carbonyl (C=O) groups excluding carboxylic acids is 2. The van der Waals surface area contributed by atoms with Crippen molar-refractivity contribution in [3.8, 4) is 0 Å². The van der Waals surface area contributed by atoms with Crippen LogP contribution in [0.5, 0.6) is 0 Å². The van der Waals surface area contributed by atoms with E-state index in [1.54, 1.807) is 40.3 Å². The third kappa shape index (κ3) is 10.1. The number of carbonyl (C=O) groups is 2. The van der Waals surface area contributed by atoms with Crippen LogP contribution in [0.1, 0.15) is 80.2 Å². The number of aliphatic hydroxyl groups is 2. The molecular weight excluding hydrogens is 628 g/mol. The molecule has 11 heteroatoms. The highest BCUT2D eigenvalue weighted by atomic mass is 16.7. The number of rotatable bonds is 9. The number of esters is 1. The lowest BCUT2D eigenvalue weighted by atomic mass is 9.78. The first kappa shape index (κ1) is 40.5. The topological polar surface area (TPSA) is 137 Å². The number of aromatic nitrogens is 1. The van der Waals surface area contributed by atoms with Crippen LogP contribution in [0, 0.1) is 11.8 Å². The van der Waals surface area contributed by atoms with E-state index in [-0.39, 0.29) is 42.3 Å². The number of aliphatic hydroxyl groups excluding tert-OH is 1. The summed E-state index contributed by atoms with van der Waals surface area (Å²) in [5.74, 6) is -1.80. The van der Waals surface area contributed by atoms with Gasteiger partial charge in [-0.15, -0.1) is 0 Å². The summed E-state index contributed by atoms with van der Waals surface area (Å²) in [6, 6.07) is 3.52. The predicted octanol–water partition coefficient (Wildman–Crippen LogP) is 4.87. The Morgan fingerprint density at radius 1 is 1.16 bits per heavy atom. The van der Waals surface area contributed by atoms with Crippen LogP contribution in [0.4, 0.5) is 0 Å². The molecule has 1 saturated heterocycles. The average molecular weight is 687 g/mol. The monoisotopic (exact) mass is 686 g/mol. The number of hydrogen-bond acceptors (Lipinski definition) is 11. The molecule has 0 spiro atoms. The molecule has 2 N–H and O–H groups in total. The molecule has 0 bridgehead atoms. The van der Waals surface area contributed by atoms with Crippen LogP contribution in [0.15, 0.2) is 53.6 Å². The zero-order valence-electron chi connectivity index (χ0n) is 31.1. The smallest absolute Gasteiger partial charge is 0.337 e. The van der Waals surface area contributed by atoms with Gasteiger partial charge in [0.15, 0.2) is 12.1 Å². The van der Waals surface area contributed by atoms with Crippen molar-refractivity contribution in [1.29, 1.82) is 0 Å². The Kier molecular flexibility index (Phi) is 14.3. The van der Waals surface area contributed by atoms with E-state index in [4.69, 9.17) is 23.7 Å². The zero-order valence-corrected chi connectivity index (χ0v) is 31.1. The summed E-state index contributed by atoms with van der Waals surface area (Å²) in [5, 5.41) is 22.9. The van der Waals surface area contributed by atoms with Crippen molar-refractivity contribution in [1.82, 2.24) is 9.88 Å². The fourth-order valence-corrected chi connectivity index (χ4v) is 7.05. The number of likely N-dealkylation sites (N-methyl/N-ethyl adjacent to an activating group) is 1. The van der Waals surface area contributed by atoms with E-state index in [1.807, 2.05) is 71.0 Å². The van der Waals surface area contributed by atoms with Crippen molar-refractivity contribution in [2.45, 2.75) is 123 Å². The predicted molar refractivity (Wildman–Crippen MR) is 187 cm³/mol. The summed E-state index contributed by atoms with van der Waals surface area (Å²) in [6.07, 6.45) is 5.63. The summed E-state index contributed by atoms with van der Waals surface area (Å²) in [7, 11) is 5.35. The van der Waals surface area contributed by atoms with Crippen LogP contribution in [0.3, 0.4) is 0 Å². The zero-order chi connectivity index (χ0) is 36.7. The minimum absolute atomic E-state index is 0.101. The molecule has 11 nitrogen and oxygen atoms in total. The van der Waals surface area contributed by atoms with Gasteiger partial charge in [-0.1, -0.05) is 32.9 Å². The van der Waals surface area contributed by atoms with E-state index >= 15 is 0 Å². The summed E-state index contributed by atoms with van der Waals surface area (Å²) in [4.78, 5) is 33.7. The molecule has 2 aliphatic heterocycles. The maximum absolute atomic E-state index is 13.9. The van der Waals surface area contributed by atoms with Crippen molar-refractivity contribution in [2.24, 2.45) is 11.8 Å². The fraction of sp³-hybridized carbons (Fsp3) is 0.658. The van der Waals surface area contributed by atoms with Gasteiger partial charge in [0.05, 0.1) is 23.4 Å². The van der Waals surface area contributed by atoms with Gasteiger partial charge >= 0.3 is 5.97 Å². The molecule has 10 atom stereocenters. The molecule has 2 aliphatic rings. The lowest BCUT2D eigenvalue weighted by molar-refractivity contribution is -0.296. The van der Waals surface area contributed by atoms with E-state index in [1.165, 1.54) is 13.0 Å². The second kappa shape index (κ2) is 17.3. The Bertz CT molecular complexity index is 1360. The Hall–Kier alpha value is -2.93. The second-order valence-electron chi connectivity index (χ2n) is 14.2. The third-order valence-corrected chi connectivity index (χ3v) is 9.83. The minimum atomic E-state index is -1.61. The Morgan fingerprint density at radius 3 is 2.45 bits per heavy atom. The highest BCUT2D eigenvalue weighted by Gasteiger charge is 2.48. The highest BCUT2D eigenvalue weighted by Crippen LogP contribution is 2.39. The Balaban J connectivity index is 2.19. The van der Waals surface area contributed by atoms with Crippen LogP contribution in [0.2, 0.25) is 0 Å².